The van der Waals surface area contributed by atoms with E-state index in [4.69, 9.17) is 9.47 Å². The summed E-state index contributed by atoms with van der Waals surface area (Å²) in [4.78, 5) is 16.5. The van der Waals surface area contributed by atoms with Gasteiger partial charge < -0.3 is 14.8 Å². The van der Waals surface area contributed by atoms with Crippen LogP contribution in [0, 0.1) is 5.92 Å². The van der Waals surface area contributed by atoms with Crippen LogP contribution in [-0.2, 0) is 16.6 Å². The minimum Gasteiger partial charge on any atom is -0.493 e. The van der Waals surface area contributed by atoms with Crippen LogP contribution in [0.25, 0.3) is 11.1 Å². The number of nitrogens with zero attached hydrogens (tertiary/aromatic N) is 1. The highest BCUT2D eigenvalue weighted by Crippen LogP contribution is 2.37. The number of sulfonamides is 1. The minimum atomic E-state index is -3.51. The highest BCUT2D eigenvalue weighted by molar-refractivity contribution is 7.92. The molecular formula is C20H23N3O5S. The molecule has 154 valence electrons. The van der Waals surface area contributed by atoms with E-state index in [-0.39, 0.29) is 17.5 Å². The third-order valence-electron chi connectivity index (χ3n) is 5.26. The number of hydrogen-bond donors (Lipinski definition) is 2. The first-order valence-corrected chi connectivity index (χ1v) is 11.3. The molecule has 0 saturated heterocycles. The van der Waals surface area contributed by atoms with E-state index >= 15 is 0 Å². The molecule has 2 aliphatic rings. The number of ether oxygens (including phenoxy) is 2. The molecule has 0 radical (unpaired) electrons. The van der Waals surface area contributed by atoms with Crippen molar-refractivity contribution >= 4 is 21.6 Å². The maximum absolute atomic E-state index is 12.3. The van der Waals surface area contributed by atoms with Crippen LogP contribution in [0.4, 0.5) is 5.69 Å². The number of rotatable bonds is 7. The summed E-state index contributed by atoms with van der Waals surface area (Å²) in [5.41, 5.74) is 3.08. The Balaban J connectivity index is 1.75. The monoisotopic (exact) mass is 417 g/mol. The van der Waals surface area contributed by atoms with Gasteiger partial charge in [-0.1, -0.05) is 6.42 Å². The fourth-order valence-electron chi connectivity index (χ4n) is 3.55. The first-order valence-electron chi connectivity index (χ1n) is 9.44. The highest BCUT2D eigenvalue weighted by Gasteiger charge is 2.25. The van der Waals surface area contributed by atoms with E-state index in [1.807, 2.05) is 6.07 Å². The summed E-state index contributed by atoms with van der Waals surface area (Å²) in [6.07, 6.45) is 6.23. The highest BCUT2D eigenvalue weighted by atomic mass is 32.2. The molecule has 2 heterocycles. The first-order chi connectivity index (χ1) is 13.8. The number of amides is 1. The van der Waals surface area contributed by atoms with Crippen molar-refractivity contribution in [1.82, 2.24) is 10.3 Å². The molecule has 0 spiro atoms. The molecule has 1 aromatic carbocycles. The van der Waals surface area contributed by atoms with Gasteiger partial charge in [0.1, 0.15) is 11.4 Å². The number of carbonyl (C=O) groups excluding carboxylic acids is 1. The van der Waals surface area contributed by atoms with E-state index in [9.17, 15) is 13.2 Å². The summed E-state index contributed by atoms with van der Waals surface area (Å²) in [6.45, 7) is 1.02. The summed E-state index contributed by atoms with van der Waals surface area (Å²) in [6, 6.07) is 5.30. The van der Waals surface area contributed by atoms with Gasteiger partial charge >= 0.3 is 0 Å². The van der Waals surface area contributed by atoms with Crippen molar-refractivity contribution in [1.29, 1.82) is 0 Å². The van der Waals surface area contributed by atoms with E-state index in [1.54, 1.807) is 18.3 Å². The largest absolute Gasteiger partial charge is 0.493 e. The zero-order chi connectivity index (χ0) is 20.6. The van der Waals surface area contributed by atoms with Gasteiger partial charge in [0.05, 0.1) is 20.0 Å². The van der Waals surface area contributed by atoms with Crippen LogP contribution < -0.4 is 19.5 Å². The van der Waals surface area contributed by atoms with Crippen LogP contribution in [0.1, 0.15) is 35.2 Å². The SMILES string of the molecule is COc1ncc(-c2cc(OCC3CCC3)cc3c2CNC3=O)cc1NS(C)(=O)=O. The standard InChI is InChI=1S/C20H23N3O5S/c1-27-20-18(23-29(2,25)26)6-13(9-22-20)15-7-14(28-11-12-4-3-5-12)8-16-17(15)10-21-19(16)24/h6-9,12,23H,3-5,10-11H2,1-2H3,(H,21,24). The van der Waals surface area contributed by atoms with Gasteiger partial charge in [-0.3, -0.25) is 9.52 Å². The van der Waals surface area contributed by atoms with Gasteiger partial charge in [-0.25, -0.2) is 13.4 Å². The Bertz CT molecular complexity index is 1060. The van der Waals surface area contributed by atoms with Crippen molar-refractivity contribution in [2.24, 2.45) is 5.92 Å². The Hall–Kier alpha value is -2.81. The van der Waals surface area contributed by atoms with Crippen molar-refractivity contribution in [2.45, 2.75) is 25.8 Å². The Morgan fingerprint density at radius 2 is 2.00 bits per heavy atom. The lowest BCUT2D eigenvalue weighted by Gasteiger charge is -2.25. The fourth-order valence-corrected chi connectivity index (χ4v) is 4.10. The van der Waals surface area contributed by atoms with E-state index in [0.717, 1.165) is 17.4 Å². The number of carbonyl (C=O) groups is 1. The van der Waals surface area contributed by atoms with Crippen molar-refractivity contribution in [2.75, 3.05) is 24.7 Å². The van der Waals surface area contributed by atoms with Gasteiger partial charge in [0.25, 0.3) is 5.91 Å². The predicted molar refractivity (Wildman–Crippen MR) is 109 cm³/mol. The first kappa shape index (κ1) is 19.5. The van der Waals surface area contributed by atoms with E-state index < -0.39 is 10.0 Å². The van der Waals surface area contributed by atoms with Crippen molar-refractivity contribution in [3.05, 3.63) is 35.5 Å². The summed E-state index contributed by atoms with van der Waals surface area (Å²) >= 11 is 0. The minimum absolute atomic E-state index is 0.147. The van der Waals surface area contributed by atoms with Crippen molar-refractivity contribution in [3.63, 3.8) is 0 Å². The van der Waals surface area contributed by atoms with E-state index in [2.05, 4.69) is 15.0 Å². The summed E-state index contributed by atoms with van der Waals surface area (Å²) in [5, 5.41) is 2.83. The molecule has 29 heavy (non-hydrogen) atoms. The maximum Gasteiger partial charge on any atom is 0.252 e. The number of benzene rings is 1. The van der Waals surface area contributed by atoms with Crippen molar-refractivity contribution < 1.29 is 22.7 Å². The van der Waals surface area contributed by atoms with Gasteiger partial charge in [0.15, 0.2) is 0 Å². The van der Waals surface area contributed by atoms with Crippen LogP contribution >= 0.6 is 0 Å². The van der Waals surface area contributed by atoms with Crippen LogP contribution in [0.5, 0.6) is 11.6 Å². The van der Waals surface area contributed by atoms with Crippen LogP contribution in [0.3, 0.4) is 0 Å². The lowest BCUT2D eigenvalue weighted by molar-refractivity contribution is 0.0965. The number of methoxy groups -OCH3 is 1. The zero-order valence-electron chi connectivity index (χ0n) is 16.3. The molecule has 1 aliphatic carbocycles. The Morgan fingerprint density at radius 3 is 2.66 bits per heavy atom. The second-order valence-corrected chi connectivity index (χ2v) is 9.19. The number of pyridine rings is 1. The molecule has 2 N–H and O–H groups in total. The number of nitrogens with one attached hydrogen (secondary N) is 2. The van der Waals surface area contributed by atoms with Gasteiger partial charge in [-0.2, -0.15) is 0 Å². The molecule has 1 fully saturated rings. The molecule has 8 nitrogen and oxygen atoms in total. The summed E-state index contributed by atoms with van der Waals surface area (Å²) < 4.78 is 37.0. The maximum atomic E-state index is 12.3. The molecule has 1 aromatic heterocycles. The molecule has 9 heteroatoms. The van der Waals surface area contributed by atoms with Gasteiger partial charge in [-0.15, -0.1) is 0 Å². The molecule has 1 amide bonds. The van der Waals surface area contributed by atoms with Gasteiger partial charge in [0.2, 0.25) is 15.9 Å². The lowest BCUT2D eigenvalue weighted by atomic mass is 9.86. The summed E-state index contributed by atoms with van der Waals surface area (Å²) in [7, 11) is -2.09. The summed E-state index contributed by atoms with van der Waals surface area (Å²) in [5.74, 6) is 1.21. The molecular weight excluding hydrogens is 394 g/mol. The Morgan fingerprint density at radius 1 is 1.24 bits per heavy atom. The number of anilines is 1. The molecule has 1 aliphatic heterocycles. The Labute approximate surface area is 169 Å². The normalized spacial score (nSPS) is 16.0. The van der Waals surface area contributed by atoms with E-state index in [0.29, 0.717) is 35.9 Å². The van der Waals surface area contributed by atoms with Crippen LogP contribution in [-0.4, -0.2) is 39.3 Å². The van der Waals surface area contributed by atoms with Crippen LogP contribution in [0.15, 0.2) is 24.4 Å². The van der Waals surface area contributed by atoms with Crippen molar-refractivity contribution in [3.8, 4) is 22.8 Å². The third kappa shape index (κ3) is 4.14. The predicted octanol–water partition coefficient (Wildman–Crippen LogP) is 2.55. The fraction of sp³-hybridized carbons (Fsp3) is 0.400. The molecule has 2 aromatic rings. The average Bonchev–Trinajstić information content (AvgIpc) is 2.99. The molecule has 4 rings (SSSR count). The number of fused-ring (bicyclic) bond motifs is 1. The molecule has 1 saturated carbocycles. The molecule has 0 unspecified atom stereocenters. The second kappa shape index (κ2) is 7.55. The smallest absolute Gasteiger partial charge is 0.252 e. The molecule has 0 bridgehead atoms. The number of aromatic nitrogens is 1. The quantitative estimate of drug-likeness (QED) is 0.717. The lowest BCUT2D eigenvalue weighted by Crippen LogP contribution is -2.19. The topological polar surface area (TPSA) is 107 Å². The second-order valence-electron chi connectivity index (χ2n) is 7.44. The third-order valence-corrected chi connectivity index (χ3v) is 5.85. The van der Waals surface area contributed by atoms with E-state index in [1.165, 1.54) is 26.4 Å². The Kier molecular flexibility index (Phi) is 5.08. The van der Waals surface area contributed by atoms with Gasteiger partial charge in [0, 0.05) is 23.9 Å². The zero-order valence-corrected chi connectivity index (χ0v) is 17.1. The molecule has 0 atom stereocenters. The van der Waals surface area contributed by atoms with Crippen LogP contribution in [0.2, 0.25) is 0 Å². The number of hydrogen-bond acceptors (Lipinski definition) is 6. The van der Waals surface area contributed by atoms with Gasteiger partial charge in [-0.05, 0) is 48.1 Å². The average molecular weight is 417 g/mol.